The Morgan fingerprint density at radius 3 is 2.92 bits per heavy atom. The minimum Gasteiger partial charge on any atom is -0.506 e. The summed E-state index contributed by atoms with van der Waals surface area (Å²) in [5, 5.41) is 13.4. The summed E-state index contributed by atoms with van der Waals surface area (Å²) in [5.74, 6) is 0.640. The van der Waals surface area contributed by atoms with E-state index in [9.17, 15) is 5.11 Å². The average molecular weight is 343 g/mol. The molecule has 0 aliphatic carbocycles. The van der Waals surface area contributed by atoms with Crippen LogP contribution in [0.4, 0.5) is 11.5 Å². The van der Waals surface area contributed by atoms with Crippen LogP contribution >= 0.6 is 12.6 Å². The fourth-order valence-electron chi connectivity index (χ4n) is 2.85. The molecule has 1 aromatic carbocycles. The van der Waals surface area contributed by atoms with Crippen molar-refractivity contribution in [2.45, 2.75) is 30.6 Å². The molecule has 24 heavy (non-hydrogen) atoms. The van der Waals surface area contributed by atoms with Gasteiger partial charge in [0.05, 0.1) is 12.0 Å². The molecular formula is C16H17N5O2S. The van der Waals surface area contributed by atoms with E-state index in [1.807, 2.05) is 10.6 Å². The molecule has 0 spiro atoms. The molecule has 4 rings (SSSR count). The highest BCUT2D eigenvalue weighted by Crippen LogP contribution is 2.31. The zero-order chi connectivity index (χ0) is 16.5. The van der Waals surface area contributed by atoms with E-state index in [2.05, 4.69) is 32.9 Å². The number of fused-ring (bicyclic) bond motifs is 1. The predicted octanol–water partition coefficient (Wildman–Crippen LogP) is 3.26. The van der Waals surface area contributed by atoms with E-state index in [1.54, 1.807) is 24.5 Å². The number of phenolic OH excluding ortho intramolecular Hbond substituents is 1. The van der Waals surface area contributed by atoms with Crippen molar-refractivity contribution >= 4 is 35.3 Å². The van der Waals surface area contributed by atoms with Crippen LogP contribution in [0.25, 0.3) is 11.2 Å². The highest BCUT2D eigenvalue weighted by Gasteiger charge is 2.21. The van der Waals surface area contributed by atoms with Crippen molar-refractivity contribution in [3.8, 4) is 5.75 Å². The molecule has 0 bridgehead atoms. The molecule has 0 saturated carbocycles. The van der Waals surface area contributed by atoms with Gasteiger partial charge in [0.15, 0.2) is 22.1 Å². The number of aromatic nitrogens is 4. The summed E-state index contributed by atoms with van der Waals surface area (Å²) < 4.78 is 7.75. The molecule has 124 valence electrons. The molecule has 8 heteroatoms. The maximum atomic E-state index is 9.95. The Balaban J connectivity index is 1.76. The van der Waals surface area contributed by atoms with Crippen molar-refractivity contribution < 1.29 is 9.84 Å². The van der Waals surface area contributed by atoms with Gasteiger partial charge in [-0.2, -0.15) is 0 Å². The molecule has 1 saturated heterocycles. The second-order valence-electron chi connectivity index (χ2n) is 5.66. The van der Waals surface area contributed by atoms with E-state index < -0.39 is 0 Å². The lowest BCUT2D eigenvalue weighted by molar-refractivity contribution is -0.0298. The van der Waals surface area contributed by atoms with E-state index >= 15 is 0 Å². The first-order chi connectivity index (χ1) is 11.7. The number of anilines is 2. The summed E-state index contributed by atoms with van der Waals surface area (Å²) in [5.41, 5.74) is 1.83. The van der Waals surface area contributed by atoms with Gasteiger partial charge in [-0.05, 0) is 31.4 Å². The smallest absolute Gasteiger partial charge is 0.188 e. The lowest BCUT2D eigenvalue weighted by atomic mass is 10.2. The van der Waals surface area contributed by atoms with Gasteiger partial charge in [0.2, 0.25) is 0 Å². The first-order valence-electron chi connectivity index (χ1n) is 7.82. The molecule has 3 aromatic rings. The minimum atomic E-state index is -0.0654. The SMILES string of the molecule is Oc1ccccc1Nc1nc(S)nc2c1ncn2C1CCCCO1. The number of hydrogen-bond acceptors (Lipinski definition) is 7. The fourth-order valence-corrected chi connectivity index (χ4v) is 3.05. The average Bonchev–Trinajstić information content (AvgIpc) is 3.01. The number of benzene rings is 1. The maximum Gasteiger partial charge on any atom is 0.188 e. The van der Waals surface area contributed by atoms with Gasteiger partial charge >= 0.3 is 0 Å². The fraction of sp³-hybridized carbons (Fsp3) is 0.312. The molecule has 1 atom stereocenters. The molecule has 7 nitrogen and oxygen atoms in total. The van der Waals surface area contributed by atoms with Crippen molar-refractivity contribution in [2.24, 2.45) is 0 Å². The van der Waals surface area contributed by atoms with Crippen molar-refractivity contribution in [3.63, 3.8) is 0 Å². The van der Waals surface area contributed by atoms with Crippen LogP contribution in [0, 0.1) is 0 Å². The van der Waals surface area contributed by atoms with E-state index in [-0.39, 0.29) is 12.0 Å². The molecule has 2 aromatic heterocycles. The van der Waals surface area contributed by atoms with Crippen molar-refractivity contribution in [2.75, 3.05) is 11.9 Å². The van der Waals surface area contributed by atoms with Gasteiger partial charge in [-0.15, -0.1) is 12.6 Å². The second kappa shape index (κ2) is 6.29. The molecular weight excluding hydrogens is 326 g/mol. The van der Waals surface area contributed by atoms with Crippen LogP contribution in [0.2, 0.25) is 0 Å². The van der Waals surface area contributed by atoms with E-state index in [0.29, 0.717) is 27.8 Å². The highest BCUT2D eigenvalue weighted by atomic mass is 32.1. The molecule has 1 unspecified atom stereocenters. The second-order valence-corrected chi connectivity index (χ2v) is 6.06. The predicted molar refractivity (Wildman–Crippen MR) is 92.8 cm³/mol. The summed E-state index contributed by atoms with van der Waals surface area (Å²) in [4.78, 5) is 13.2. The molecule has 3 heterocycles. The number of phenols is 1. The third kappa shape index (κ3) is 2.78. The molecule has 0 amide bonds. The highest BCUT2D eigenvalue weighted by molar-refractivity contribution is 7.80. The standard InChI is InChI=1S/C16H17N5O2S/c22-11-6-2-1-5-10(11)18-14-13-15(20-16(24)19-14)21(9-17-13)12-7-3-4-8-23-12/h1-2,5-6,9,12,22H,3-4,7-8H2,(H2,18,19,20,24). The topological polar surface area (TPSA) is 85.1 Å². The Bertz CT molecular complexity index is 876. The number of nitrogens with one attached hydrogen (secondary N) is 1. The van der Waals surface area contributed by atoms with Crippen molar-refractivity contribution in [1.29, 1.82) is 0 Å². The number of nitrogens with zero attached hydrogens (tertiary/aromatic N) is 4. The Hall–Kier alpha value is -2.32. The van der Waals surface area contributed by atoms with Crippen LogP contribution in [0.15, 0.2) is 35.7 Å². The summed E-state index contributed by atoms with van der Waals surface area (Å²) in [6.45, 7) is 0.742. The normalized spacial score (nSPS) is 18.0. The zero-order valence-corrected chi connectivity index (χ0v) is 13.8. The molecule has 1 aliphatic rings. The van der Waals surface area contributed by atoms with Gasteiger partial charge in [0.1, 0.15) is 12.0 Å². The van der Waals surface area contributed by atoms with Crippen LogP contribution < -0.4 is 5.32 Å². The summed E-state index contributed by atoms with van der Waals surface area (Å²) in [7, 11) is 0. The molecule has 1 aliphatic heterocycles. The van der Waals surface area contributed by atoms with Crippen molar-refractivity contribution in [3.05, 3.63) is 30.6 Å². The molecule has 1 fully saturated rings. The van der Waals surface area contributed by atoms with Gasteiger partial charge < -0.3 is 15.2 Å². The zero-order valence-electron chi connectivity index (χ0n) is 12.9. The molecule has 2 N–H and O–H groups in total. The number of para-hydroxylation sites is 2. The Morgan fingerprint density at radius 2 is 2.12 bits per heavy atom. The van der Waals surface area contributed by atoms with Crippen LogP contribution in [0.5, 0.6) is 5.75 Å². The number of aromatic hydroxyl groups is 1. The first kappa shape index (κ1) is 15.2. The molecule has 0 radical (unpaired) electrons. The number of hydrogen-bond donors (Lipinski definition) is 3. The van der Waals surface area contributed by atoms with E-state index in [4.69, 9.17) is 4.74 Å². The minimum absolute atomic E-state index is 0.0654. The Kier molecular flexibility index (Phi) is 3.99. The number of imidazole rings is 1. The number of thiol groups is 1. The maximum absolute atomic E-state index is 9.95. The number of ether oxygens (including phenoxy) is 1. The number of rotatable bonds is 3. The van der Waals surface area contributed by atoms with Gasteiger partial charge in [0, 0.05) is 6.61 Å². The van der Waals surface area contributed by atoms with Gasteiger partial charge in [-0.25, -0.2) is 15.0 Å². The summed E-state index contributed by atoms with van der Waals surface area (Å²) >= 11 is 4.30. The van der Waals surface area contributed by atoms with Gasteiger partial charge in [-0.1, -0.05) is 12.1 Å². The van der Waals surface area contributed by atoms with Gasteiger partial charge in [0.25, 0.3) is 0 Å². The quantitative estimate of drug-likeness (QED) is 0.384. The van der Waals surface area contributed by atoms with Crippen LogP contribution in [-0.4, -0.2) is 31.2 Å². The lowest BCUT2D eigenvalue weighted by Crippen LogP contribution is -2.17. The first-order valence-corrected chi connectivity index (χ1v) is 8.27. The summed E-state index contributed by atoms with van der Waals surface area (Å²) in [6.07, 6.45) is 4.78. The third-order valence-electron chi connectivity index (χ3n) is 4.03. The van der Waals surface area contributed by atoms with Crippen LogP contribution in [0.3, 0.4) is 0 Å². The summed E-state index contributed by atoms with van der Waals surface area (Å²) in [6, 6.07) is 6.96. The Morgan fingerprint density at radius 1 is 1.25 bits per heavy atom. The lowest BCUT2D eigenvalue weighted by Gasteiger charge is -2.23. The van der Waals surface area contributed by atoms with E-state index in [0.717, 1.165) is 25.9 Å². The van der Waals surface area contributed by atoms with Crippen molar-refractivity contribution in [1.82, 2.24) is 19.5 Å². The van der Waals surface area contributed by atoms with E-state index in [1.165, 1.54) is 0 Å². The largest absolute Gasteiger partial charge is 0.506 e. The van der Waals surface area contributed by atoms with Gasteiger partial charge in [-0.3, -0.25) is 4.57 Å². The Labute approximate surface area is 144 Å². The third-order valence-corrected chi connectivity index (χ3v) is 4.23. The van der Waals surface area contributed by atoms with Crippen LogP contribution in [-0.2, 0) is 4.74 Å². The van der Waals surface area contributed by atoms with Crippen LogP contribution in [0.1, 0.15) is 25.5 Å². The monoisotopic (exact) mass is 343 g/mol.